The molecule has 21 heavy (non-hydrogen) atoms. The normalized spacial score (nSPS) is 10.3. The van der Waals surface area contributed by atoms with Crippen LogP contribution in [0.4, 0.5) is 17.3 Å². The smallest absolute Gasteiger partial charge is 0.346 e. The molecule has 0 atom stereocenters. The molecule has 0 aliphatic heterocycles. The Morgan fingerprint density at radius 3 is 2.67 bits per heavy atom. The third-order valence-corrected chi connectivity index (χ3v) is 2.84. The zero-order valence-corrected chi connectivity index (χ0v) is 11.1. The van der Waals surface area contributed by atoms with Crippen LogP contribution in [0.25, 0.3) is 10.9 Å². The molecule has 108 valence electrons. The maximum absolute atomic E-state index is 11.9. The second-order valence-electron chi connectivity index (χ2n) is 4.08. The van der Waals surface area contributed by atoms with Crippen molar-refractivity contribution in [3.05, 3.63) is 21.5 Å². The predicted octanol–water partition coefficient (Wildman–Crippen LogP) is -0.282. The number of hydrogen-bond donors (Lipinski definition) is 4. The van der Waals surface area contributed by atoms with Crippen LogP contribution in [0.2, 0.25) is 0 Å². The maximum Gasteiger partial charge on any atom is 0.346 e. The van der Waals surface area contributed by atoms with Gasteiger partial charge in [-0.25, -0.2) is 9.78 Å². The Hall–Kier alpha value is -3.28. The zero-order valence-electron chi connectivity index (χ0n) is 11.1. The molecule has 9 nitrogen and oxygen atoms in total. The van der Waals surface area contributed by atoms with E-state index in [2.05, 4.69) is 9.97 Å². The number of hydrogen-bond acceptors (Lipinski definition) is 8. The van der Waals surface area contributed by atoms with E-state index < -0.39 is 11.5 Å². The van der Waals surface area contributed by atoms with Crippen LogP contribution in [0, 0.1) is 11.3 Å². The van der Waals surface area contributed by atoms with Crippen molar-refractivity contribution >= 4 is 34.2 Å². The number of nitrogens with one attached hydrogen (secondary N) is 1. The van der Waals surface area contributed by atoms with Gasteiger partial charge in [-0.3, -0.25) is 4.79 Å². The first-order valence-corrected chi connectivity index (χ1v) is 5.90. The van der Waals surface area contributed by atoms with Gasteiger partial charge in [-0.2, -0.15) is 5.26 Å². The number of aromatic amines is 1. The molecule has 2 rings (SSSR count). The molecule has 0 unspecified atom stereocenters. The van der Waals surface area contributed by atoms with Crippen molar-refractivity contribution in [2.45, 2.75) is 6.92 Å². The quantitative estimate of drug-likeness (QED) is 0.545. The Morgan fingerprint density at radius 2 is 2.10 bits per heavy atom. The number of ether oxygens (including phenoxy) is 1. The summed E-state index contributed by atoms with van der Waals surface area (Å²) in [4.78, 5) is 30.0. The number of nitrogens with zero attached hydrogens (tertiary/aromatic N) is 2. The van der Waals surface area contributed by atoms with Crippen LogP contribution in [0.3, 0.4) is 0 Å². The molecule has 0 aliphatic rings. The van der Waals surface area contributed by atoms with Gasteiger partial charge in [0.2, 0.25) is 0 Å². The maximum atomic E-state index is 11.9. The summed E-state index contributed by atoms with van der Waals surface area (Å²) in [5, 5.41) is 9.10. The van der Waals surface area contributed by atoms with Crippen LogP contribution in [0.5, 0.6) is 0 Å². The lowest BCUT2D eigenvalue weighted by molar-refractivity contribution is 0.0526. The molecule has 2 aromatic rings. The fourth-order valence-electron chi connectivity index (χ4n) is 1.94. The van der Waals surface area contributed by atoms with E-state index in [1.165, 1.54) is 0 Å². The SMILES string of the molecule is CCOC(=O)c1c(=O)[nH]c(N)c2c(N)c(C#N)c(N)nc12. The largest absolute Gasteiger partial charge is 0.462 e. The first kappa shape index (κ1) is 14.1. The minimum atomic E-state index is -0.875. The standard InChI is InChI=1S/C12H12N6O3/c1-2-21-12(20)6-8-5(10(16)18-11(6)19)7(14)4(3-13)9(15)17-8/h2H2,1H3,(H4,14,15,17)(H3,16,18,19). The molecule has 0 fully saturated rings. The van der Waals surface area contributed by atoms with E-state index in [9.17, 15) is 9.59 Å². The summed E-state index contributed by atoms with van der Waals surface area (Å²) >= 11 is 0. The molecule has 7 N–H and O–H groups in total. The minimum absolute atomic E-state index is 0.0562. The lowest BCUT2D eigenvalue weighted by atomic mass is 10.1. The van der Waals surface area contributed by atoms with Crippen molar-refractivity contribution in [3.8, 4) is 6.07 Å². The number of nitrogens with two attached hydrogens (primary N) is 3. The zero-order chi connectivity index (χ0) is 15.7. The van der Waals surface area contributed by atoms with Crippen molar-refractivity contribution in [1.82, 2.24) is 9.97 Å². The van der Waals surface area contributed by atoms with Gasteiger partial charge in [0.15, 0.2) is 5.56 Å². The molecule has 2 aromatic heterocycles. The second-order valence-corrected chi connectivity index (χ2v) is 4.08. The minimum Gasteiger partial charge on any atom is -0.462 e. The van der Waals surface area contributed by atoms with E-state index in [0.717, 1.165) is 0 Å². The summed E-state index contributed by atoms with van der Waals surface area (Å²) < 4.78 is 4.81. The highest BCUT2D eigenvalue weighted by molar-refractivity contribution is 6.10. The van der Waals surface area contributed by atoms with Gasteiger partial charge in [0.25, 0.3) is 5.56 Å². The summed E-state index contributed by atoms with van der Waals surface area (Å²) in [6.07, 6.45) is 0. The van der Waals surface area contributed by atoms with E-state index in [0.29, 0.717) is 0 Å². The third-order valence-electron chi connectivity index (χ3n) is 2.84. The molecular weight excluding hydrogens is 276 g/mol. The highest BCUT2D eigenvalue weighted by Gasteiger charge is 2.23. The second kappa shape index (κ2) is 5.01. The number of nitriles is 1. The average molecular weight is 288 g/mol. The molecule has 0 bridgehead atoms. The van der Waals surface area contributed by atoms with Crippen LogP contribution in [-0.4, -0.2) is 22.5 Å². The summed E-state index contributed by atoms with van der Waals surface area (Å²) in [5.41, 5.74) is 15.8. The predicted molar refractivity (Wildman–Crippen MR) is 76.3 cm³/mol. The molecule has 0 aromatic carbocycles. The number of carbonyl (C=O) groups excluding carboxylic acids is 1. The van der Waals surface area contributed by atoms with Crippen LogP contribution in [0.15, 0.2) is 4.79 Å². The van der Waals surface area contributed by atoms with E-state index in [-0.39, 0.29) is 46.0 Å². The van der Waals surface area contributed by atoms with Gasteiger partial charge < -0.3 is 26.9 Å². The molecule has 0 amide bonds. The van der Waals surface area contributed by atoms with Crippen molar-refractivity contribution in [2.75, 3.05) is 23.8 Å². The Kier molecular flexibility index (Phi) is 3.37. The Labute approximate surface area is 118 Å². The molecule has 9 heteroatoms. The molecular formula is C12H12N6O3. The summed E-state index contributed by atoms with van der Waals surface area (Å²) in [5.74, 6) is -1.18. The number of anilines is 3. The van der Waals surface area contributed by atoms with Crippen molar-refractivity contribution in [2.24, 2.45) is 0 Å². The average Bonchev–Trinajstić information content (AvgIpc) is 2.38. The van der Waals surface area contributed by atoms with Gasteiger partial charge in [0.05, 0.1) is 23.2 Å². The first-order chi connectivity index (χ1) is 9.92. The molecule has 0 saturated heterocycles. The topological polar surface area (TPSA) is 174 Å². The molecule has 0 saturated carbocycles. The van der Waals surface area contributed by atoms with Crippen LogP contribution >= 0.6 is 0 Å². The Balaban J connectivity index is 2.99. The van der Waals surface area contributed by atoms with Crippen molar-refractivity contribution in [1.29, 1.82) is 5.26 Å². The summed E-state index contributed by atoms with van der Waals surface area (Å²) in [7, 11) is 0. The van der Waals surface area contributed by atoms with Gasteiger partial charge in [0.1, 0.15) is 23.3 Å². The molecule has 0 aliphatic carbocycles. The Bertz CT molecular complexity index is 849. The number of aromatic nitrogens is 2. The Morgan fingerprint density at radius 1 is 1.43 bits per heavy atom. The number of pyridine rings is 2. The number of rotatable bonds is 2. The lowest BCUT2D eigenvalue weighted by Crippen LogP contribution is -2.23. The first-order valence-electron chi connectivity index (χ1n) is 5.90. The van der Waals surface area contributed by atoms with E-state index in [1.807, 2.05) is 0 Å². The van der Waals surface area contributed by atoms with Gasteiger partial charge in [0, 0.05) is 0 Å². The number of H-pyrrole nitrogens is 1. The highest BCUT2D eigenvalue weighted by atomic mass is 16.5. The fourth-order valence-corrected chi connectivity index (χ4v) is 1.94. The number of nitrogen functional groups attached to an aromatic ring is 3. The monoisotopic (exact) mass is 288 g/mol. The van der Waals surface area contributed by atoms with Crippen molar-refractivity contribution in [3.63, 3.8) is 0 Å². The van der Waals surface area contributed by atoms with Crippen LogP contribution in [0.1, 0.15) is 22.8 Å². The van der Waals surface area contributed by atoms with Gasteiger partial charge in [-0.1, -0.05) is 0 Å². The van der Waals surface area contributed by atoms with Crippen LogP contribution in [-0.2, 0) is 4.74 Å². The summed E-state index contributed by atoms with van der Waals surface area (Å²) in [6.45, 7) is 1.67. The van der Waals surface area contributed by atoms with Crippen LogP contribution < -0.4 is 22.8 Å². The highest BCUT2D eigenvalue weighted by Crippen LogP contribution is 2.30. The molecule has 0 radical (unpaired) electrons. The van der Waals surface area contributed by atoms with Gasteiger partial charge >= 0.3 is 5.97 Å². The van der Waals surface area contributed by atoms with Gasteiger partial charge in [-0.05, 0) is 6.92 Å². The fraction of sp³-hybridized carbons (Fsp3) is 0.167. The number of esters is 1. The number of fused-ring (bicyclic) bond motifs is 1. The lowest BCUT2D eigenvalue weighted by Gasteiger charge is -2.11. The molecule has 0 spiro atoms. The van der Waals surface area contributed by atoms with Gasteiger partial charge in [-0.15, -0.1) is 0 Å². The van der Waals surface area contributed by atoms with Crippen molar-refractivity contribution < 1.29 is 9.53 Å². The van der Waals surface area contributed by atoms with E-state index in [4.69, 9.17) is 27.2 Å². The van der Waals surface area contributed by atoms with E-state index >= 15 is 0 Å². The third kappa shape index (κ3) is 2.08. The summed E-state index contributed by atoms with van der Waals surface area (Å²) in [6, 6.07) is 1.80. The number of carbonyl (C=O) groups is 1. The van der Waals surface area contributed by atoms with E-state index in [1.54, 1.807) is 13.0 Å². The molecule has 2 heterocycles.